The van der Waals surface area contributed by atoms with Gasteiger partial charge in [0.25, 0.3) is 0 Å². The number of aromatic amines is 1. The maximum absolute atomic E-state index is 13.2. The van der Waals surface area contributed by atoms with Crippen LogP contribution in [-0.2, 0) is 18.4 Å². The Morgan fingerprint density at radius 3 is 3.10 bits per heavy atom. The Labute approximate surface area is 126 Å². The van der Waals surface area contributed by atoms with Gasteiger partial charge < -0.3 is 9.88 Å². The van der Waals surface area contributed by atoms with E-state index in [1.807, 2.05) is 6.07 Å². The number of halogens is 1. The van der Waals surface area contributed by atoms with E-state index < -0.39 is 0 Å². The zero-order chi connectivity index (χ0) is 15.0. The number of hydrogen-bond donors (Lipinski definition) is 2. The second-order valence-electron chi connectivity index (χ2n) is 5.23. The fourth-order valence-corrected chi connectivity index (χ4v) is 2.58. The van der Waals surface area contributed by atoms with Crippen LogP contribution in [0.5, 0.6) is 0 Å². The molecule has 0 spiro atoms. The van der Waals surface area contributed by atoms with Gasteiger partial charge in [-0.25, -0.2) is 4.39 Å². The third-order valence-electron chi connectivity index (χ3n) is 3.80. The zero-order valence-corrected chi connectivity index (χ0v) is 12.3. The highest BCUT2D eigenvalue weighted by Crippen LogP contribution is 2.47. The minimum atomic E-state index is -0.264. The number of nitrogens with zero attached hydrogens (tertiary/aromatic N) is 2. The monoisotopic (exact) mass is 306 g/mol. The molecule has 0 unspecified atom stereocenters. The Morgan fingerprint density at radius 1 is 1.62 bits per heavy atom. The van der Waals surface area contributed by atoms with Crippen molar-refractivity contribution in [1.82, 2.24) is 20.1 Å². The highest BCUT2D eigenvalue weighted by molar-refractivity contribution is 7.71. The summed E-state index contributed by atoms with van der Waals surface area (Å²) in [6.45, 7) is 0.328. The number of benzene rings is 1. The number of aromatic nitrogens is 3. The summed E-state index contributed by atoms with van der Waals surface area (Å²) in [5, 5.41) is 9.55. The normalized spacial score (nSPS) is 20.3. The minimum absolute atomic E-state index is 0.0295. The summed E-state index contributed by atoms with van der Waals surface area (Å²) in [5.41, 5.74) is 0.883. The molecule has 21 heavy (non-hydrogen) atoms. The molecule has 0 bridgehead atoms. The molecule has 110 valence electrons. The second kappa shape index (κ2) is 5.40. The highest BCUT2D eigenvalue weighted by atomic mass is 32.1. The van der Waals surface area contributed by atoms with E-state index >= 15 is 0 Å². The van der Waals surface area contributed by atoms with Crippen molar-refractivity contribution in [3.8, 4) is 0 Å². The average Bonchev–Trinajstić information content (AvgIpc) is 3.20. The molecule has 1 aliphatic carbocycles. The summed E-state index contributed by atoms with van der Waals surface area (Å²) in [6, 6.07) is 6.44. The van der Waals surface area contributed by atoms with E-state index in [2.05, 4.69) is 15.5 Å². The quantitative estimate of drug-likeness (QED) is 0.850. The van der Waals surface area contributed by atoms with E-state index in [0.29, 0.717) is 17.1 Å². The average molecular weight is 306 g/mol. The molecule has 1 heterocycles. The molecule has 2 atom stereocenters. The summed E-state index contributed by atoms with van der Waals surface area (Å²) in [7, 11) is 1.79. The first-order chi connectivity index (χ1) is 10.1. The van der Waals surface area contributed by atoms with E-state index in [0.717, 1.165) is 12.0 Å². The van der Waals surface area contributed by atoms with Gasteiger partial charge in [0, 0.05) is 13.0 Å². The molecule has 0 aliphatic heterocycles. The van der Waals surface area contributed by atoms with Crippen LogP contribution < -0.4 is 5.32 Å². The maximum Gasteiger partial charge on any atom is 0.224 e. The van der Waals surface area contributed by atoms with Crippen molar-refractivity contribution < 1.29 is 9.18 Å². The van der Waals surface area contributed by atoms with E-state index in [-0.39, 0.29) is 23.6 Å². The van der Waals surface area contributed by atoms with Crippen molar-refractivity contribution in [1.29, 1.82) is 0 Å². The summed E-state index contributed by atoms with van der Waals surface area (Å²) in [6.07, 6.45) is 0.758. The molecule has 1 saturated carbocycles. The van der Waals surface area contributed by atoms with E-state index in [4.69, 9.17) is 12.2 Å². The molecule has 2 aromatic rings. The lowest BCUT2D eigenvalue weighted by Gasteiger charge is -2.04. The standard InChI is InChI=1S/C14H15FN4OS/c1-19-12(17-18-14(19)21)7-16-13(20)11-6-10(11)8-3-2-4-9(15)5-8/h2-5,10-11H,6-7H2,1H3,(H,16,20)(H,18,21)/t10-,11-/m1/s1. The first kappa shape index (κ1) is 13.9. The SMILES string of the molecule is Cn1c(CNC(=O)[C@@H]2C[C@@H]2c2cccc(F)c2)n[nH]c1=S. The summed E-state index contributed by atoms with van der Waals surface area (Å²) in [5.74, 6) is 0.414. The molecule has 1 fully saturated rings. The van der Waals surface area contributed by atoms with Crippen LogP contribution in [0.4, 0.5) is 4.39 Å². The number of carbonyl (C=O) groups is 1. The minimum Gasteiger partial charge on any atom is -0.349 e. The number of rotatable bonds is 4. The number of hydrogen-bond acceptors (Lipinski definition) is 3. The lowest BCUT2D eigenvalue weighted by atomic mass is 10.1. The van der Waals surface area contributed by atoms with Crippen molar-refractivity contribution in [3.63, 3.8) is 0 Å². The molecule has 1 aromatic carbocycles. The Hall–Kier alpha value is -2.02. The van der Waals surface area contributed by atoms with E-state index in [1.54, 1.807) is 17.7 Å². The Balaban J connectivity index is 1.58. The number of nitrogens with one attached hydrogen (secondary N) is 2. The maximum atomic E-state index is 13.2. The van der Waals surface area contributed by atoms with Gasteiger partial charge in [-0.3, -0.25) is 9.89 Å². The van der Waals surface area contributed by atoms with Crippen molar-refractivity contribution in [2.45, 2.75) is 18.9 Å². The van der Waals surface area contributed by atoms with Crippen LogP contribution in [0.25, 0.3) is 0 Å². The van der Waals surface area contributed by atoms with Crippen molar-refractivity contribution in [2.75, 3.05) is 0 Å². The molecule has 3 rings (SSSR count). The number of amides is 1. The lowest BCUT2D eigenvalue weighted by molar-refractivity contribution is -0.122. The summed E-state index contributed by atoms with van der Waals surface area (Å²) >= 11 is 5.01. The molecule has 1 amide bonds. The predicted molar refractivity (Wildman–Crippen MR) is 77.5 cm³/mol. The lowest BCUT2D eigenvalue weighted by Crippen LogP contribution is -2.26. The second-order valence-corrected chi connectivity index (χ2v) is 5.61. The van der Waals surface area contributed by atoms with Crippen LogP contribution in [0.1, 0.15) is 23.7 Å². The largest absolute Gasteiger partial charge is 0.349 e. The Bertz CT molecular complexity index is 739. The van der Waals surface area contributed by atoms with Crippen molar-refractivity contribution >= 4 is 18.1 Å². The van der Waals surface area contributed by atoms with Crippen LogP contribution in [0.2, 0.25) is 0 Å². The van der Waals surface area contributed by atoms with Crippen LogP contribution in [0, 0.1) is 16.5 Å². The van der Waals surface area contributed by atoms with Gasteiger partial charge in [-0.2, -0.15) is 5.10 Å². The van der Waals surface area contributed by atoms with Gasteiger partial charge in [0.1, 0.15) is 5.82 Å². The molecule has 0 saturated heterocycles. The fourth-order valence-electron chi connectivity index (χ4n) is 2.43. The molecule has 7 heteroatoms. The molecule has 2 N–H and O–H groups in total. The first-order valence-electron chi connectivity index (χ1n) is 6.69. The zero-order valence-electron chi connectivity index (χ0n) is 11.5. The summed E-state index contributed by atoms with van der Waals surface area (Å²) < 4.78 is 15.4. The van der Waals surface area contributed by atoms with Crippen LogP contribution in [0.15, 0.2) is 24.3 Å². The van der Waals surface area contributed by atoms with Crippen LogP contribution >= 0.6 is 12.2 Å². The molecule has 0 radical (unpaired) electrons. The number of H-pyrrole nitrogens is 1. The van der Waals surface area contributed by atoms with Crippen LogP contribution in [0.3, 0.4) is 0 Å². The summed E-state index contributed by atoms with van der Waals surface area (Å²) in [4.78, 5) is 12.1. The number of carbonyl (C=O) groups excluding carboxylic acids is 1. The van der Waals surface area contributed by atoms with Crippen molar-refractivity contribution in [2.24, 2.45) is 13.0 Å². The van der Waals surface area contributed by atoms with Crippen molar-refractivity contribution in [3.05, 3.63) is 46.2 Å². The van der Waals surface area contributed by atoms with Gasteiger partial charge in [0.2, 0.25) is 5.91 Å². The molecule has 1 aromatic heterocycles. The van der Waals surface area contributed by atoms with Gasteiger partial charge >= 0.3 is 0 Å². The molecular weight excluding hydrogens is 291 g/mol. The predicted octanol–water partition coefficient (Wildman–Crippen LogP) is 2.04. The van der Waals surface area contributed by atoms with Gasteiger partial charge in [0.05, 0.1) is 6.54 Å². The van der Waals surface area contributed by atoms with Gasteiger partial charge in [0.15, 0.2) is 10.6 Å². The smallest absolute Gasteiger partial charge is 0.224 e. The van der Waals surface area contributed by atoms with Gasteiger partial charge in [-0.05, 0) is 42.3 Å². The topological polar surface area (TPSA) is 62.7 Å². The van der Waals surface area contributed by atoms with E-state index in [9.17, 15) is 9.18 Å². The van der Waals surface area contributed by atoms with Gasteiger partial charge in [-0.1, -0.05) is 12.1 Å². The third-order valence-corrected chi connectivity index (χ3v) is 4.16. The molecule has 1 aliphatic rings. The Kier molecular flexibility index (Phi) is 3.59. The molecular formula is C14H15FN4OS. The third kappa shape index (κ3) is 2.87. The highest BCUT2D eigenvalue weighted by Gasteiger charge is 2.43. The van der Waals surface area contributed by atoms with E-state index in [1.165, 1.54) is 12.1 Å². The fraction of sp³-hybridized carbons (Fsp3) is 0.357. The Morgan fingerprint density at radius 2 is 2.43 bits per heavy atom. The molecule has 5 nitrogen and oxygen atoms in total. The first-order valence-corrected chi connectivity index (χ1v) is 7.10. The van der Waals surface area contributed by atoms with Gasteiger partial charge in [-0.15, -0.1) is 0 Å². The van der Waals surface area contributed by atoms with Crippen LogP contribution in [-0.4, -0.2) is 20.7 Å².